The van der Waals surface area contributed by atoms with Crippen molar-refractivity contribution in [2.24, 2.45) is 5.73 Å². The first-order chi connectivity index (χ1) is 12.4. The van der Waals surface area contributed by atoms with Crippen molar-refractivity contribution in [2.75, 3.05) is 17.7 Å². The van der Waals surface area contributed by atoms with Crippen LogP contribution in [0.1, 0.15) is 17.3 Å². The molecule has 4 N–H and O–H groups in total. The average Bonchev–Trinajstić information content (AvgIpc) is 2.61. The van der Waals surface area contributed by atoms with E-state index in [1.165, 1.54) is 26.2 Å². The molecule has 1 atom stereocenters. The summed E-state index contributed by atoms with van der Waals surface area (Å²) < 4.78 is 10.3. The first kappa shape index (κ1) is 18.8. The van der Waals surface area contributed by atoms with Crippen molar-refractivity contribution in [3.63, 3.8) is 0 Å². The summed E-state index contributed by atoms with van der Waals surface area (Å²) >= 11 is 0. The number of anilines is 2. The van der Waals surface area contributed by atoms with Crippen LogP contribution >= 0.6 is 0 Å². The van der Waals surface area contributed by atoms with Crippen molar-refractivity contribution < 1.29 is 23.9 Å². The quantitative estimate of drug-likeness (QED) is 0.686. The van der Waals surface area contributed by atoms with Gasteiger partial charge in [0.05, 0.1) is 18.4 Å². The second-order valence-corrected chi connectivity index (χ2v) is 5.31. The molecule has 0 aliphatic rings. The Hall–Kier alpha value is -3.55. The summed E-state index contributed by atoms with van der Waals surface area (Å²) in [5, 5.41) is 5.00. The molecule has 0 fully saturated rings. The fourth-order valence-corrected chi connectivity index (χ4v) is 2.13. The number of nitrogens with two attached hydrogens (primary N) is 1. The Labute approximate surface area is 150 Å². The molecule has 2 aromatic carbocycles. The van der Waals surface area contributed by atoms with Crippen molar-refractivity contribution in [3.05, 3.63) is 54.1 Å². The highest BCUT2D eigenvalue weighted by Crippen LogP contribution is 2.23. The van der Waals surface area contributed by atoms with Gasteiger partial charge in [-0.2, -0.15) is 0 Å². The second kappa shape index (κ2) is 8.52. The van der Waals surface area contributed by atoms with E-state index in [2.05, 4.69) is 10.6 Å². The van der Waals surface area contributed by atoms with Crippen LogP contribution in [0.5, 0.6) is 5.75 Å². The number of nitrogens with one attached hydrogen (secondary N) is 2. The van der Waals surface area contributed by atoms with Crippen molar-refractivity contribution in [1.29, 1.82) is 0 Å². The number of amides is 3. The number of esters is 1. The lowest BCUT2D eigenvalue weighted by atomic mass is 10.2. The van der Waals surface area contributed by atoms with E-state index in [0.29, 0.717) is 17.1 Å². The average molecular weight is 357 g/mol. The molecular formula is C18H19N3O5. The Morgan fingerprint density at radius 2 is 1.77 bits per heavy atom. The molecule has 0 unspecified atom stereocenters. The zero-order chi connectivity index (χ0) is 19.1. The Morgan fingerprint density at radius 3 is 2.46 bits per heavy atom. The fraction of sp³-hybridized carbons (Fsp3) is 0.167. The minimum atomic E-state index is -1.04. The highest BCUT2D eigenvalue weighted by atomic mass is 16.5. The Kier molecular flexibility index (Phi) is 6.15. The topological polar surface area (TPSA) is 120 Å². The molecule has 2 aromatic rings. The maximum atomic E-state index is 12.2. The van der Waals surface area contributed by atoms with Gasteiger partial charge in [-0.15, -0.1) is 0 Å². The largest absolute Gasteiger partial charge is 0.495 e. The highest BCUT2D eigenvalue weighted by Gasteiger charge is 2.20. The van der Waals surface area contributed by atoms with Gasteiger partial charge in [-0.3, -0.25) is 4.79 Å². The van der Waals surface area contributed by atoms with Crippen LogP contribution in [-0.2, 0) is 9.53 Å². The van der Waals surface area contributed by atoms with Crippen LogP contribution in [0.15, 0.2) is 48.5 Å². The third-order valence-corrected chi connectivity index (χ3v) is 3.38. The van der Waals surface area contributed by atoms with Gasteiger partial charge >= 0.3 is 12.0 Å². The number of hydrogen-bond donors (Lipinski definition) is 3. The van der Waals surface area contributed by atoms with Gasteiger partial charge in [-0.05, 0) is 37.3 Å². The monoisotopic (exact) mass is 357 g/mol. The number of benzene rings is 2. The lowest BCUT2D eigenvalue weighted by molar-refractivity contribution is -0.123. The summed E-state index contributed by atoms with van der Waals surface area (Å²) in [6.07, 6.45) is -1.04. The van der Waals surface area contributed by atoms with E-state index in [-0.39, 0.29) is 5.56 Å². The molecule has 0 saturated carbocycles. The van der Waals surface area contributed by atoms with Gasteiger partial charge in [-0.1, -0.05) is 18.2 Å². The fourth-order valence-electron chi connectivity index (χ4n) is 2.13. The van der Waals surface area contributed by atoms with E-state index < -0.39 is 24.0 Å². The van der Waals surface area contributed by atoms with Crippen LogP contribution in [0, 0.1) is 0 Å². The molecule has 2 rings (SSSR count). The Bertz CT molecular complexity index is 822. The number of urea groups is 1. The Morgan fingerprint density at radius 1 is 1.04 bits per heavy atom. The molecule has 0 heterocycles. The predicted molar refractivity (Wildman–Crippen MR) is 96.1 cm³/mol. The molecule has 8 nitrogen and oxygen atoms in total. The number of para-hydroxylation sites is 2. The van der Waals surface area contributed by atoms with E-state index in [1.54, 1.807) is 36.4 Å². The van der Waals surface area contributed by atoms with E-state index >= 15 is 0 Å². The molecule has 0 radical (unpaired) electrons. The zero-order valence-corrected chi connectivity index (χ0v) is 14.3. The van der Waals surface area contributed by atoms with Gasteiger partial charge in [0.2, 0.25) is 0 Å². The highest BCUT2D eigenvalue weighted by molar-refractivity contribution is 5.98. The molecule has 8 heteroatoms. The van der Waals surface area contributed by atoms with Crippen molar-refractivity contribution in [1.82, 2.24) is 0 Å². The summed E-state index contributed by atoms with van der Waals surface area (Å²) in [6.45, 7) is 1.45. The van der Waals surface area contributed by atoms with Crippen LogP contribution in [0.4, 0.5) is 16.2 Å². The van der Waals surface area contributed by atoms with Crippen LogP contribution in [-0.4, -0.2) is 31.1 Å². The van der Waals surface area contributed by atoms with E-state index in [0.717, 1.165) is 0 Å². The molecular weight excluding hydrogens is 338 g/mol. The Balaban J connectivity index is 2.02. The maximum Gasteiger partial charge on any atom is 0.338 e. The van der Waals surface area contributed by atoms with Crippen molar-refractivity contribution in [2.45, 2.75) is 13.0 Å². The number of carbonyl (C=O) groups is 3. The number of rotatable bonds is 6. The lowest BCUT2D eigenvalue weighted by Gasteiger charge is -2.15. The number of carbonyl (C=O) groups excluding carboxylic acids is 3. The van der Waals surface area contributed by atoms with Crippen molar-refractivity contribution in [3.8, 4) is 5.75 Å². The van der Waals surface area contributed by atoms with E-state index in [1.807, 2.05) is 0 Å². The van der Waals surface area contributed by atoms with Crippen LogP contribution in [0.2, 0.25) is 0 Å². The normalized spacial score (nSPS) is 11.2. The first-order valence-corrected chi connectivity index (χ1v) is 7.72. The van der Waals surface area contributed by atoms with Gasteiger partial charge in [0.1, 0.15) is 5.75 Å². The standard InChI is InChI=1S/C18H19N3O5/c1-11(16(22)21-14-8-3-4-9-15(14)25-2)26-17(23)12-6-5-7-13(10-12)20-18(19)24/h3-11H,1-2H3,(H,21,22)(H3,19,20,24)/t11-/m1/s1. The second-order valence-electron chi connectivity index (χ2n) is 5.31. The summed E-state index contributed by atoms with van der Waals surface area (Å²) in [7, 11) is 1.49. The summed E-state index contributed by atoms with van der Waals surface area (Å²) in [5.41, 5.74) is 6.03. The lowest BCUT2D eigenvalue weighted by Crippen LogP contribution is -2.30. The smallest absolute Gasteiger partial charge is 0.338 e. The third kappa shape index (κ3) is 4.97. The molecule has 0 saturated heterocycles. The van der Waals surface area contributed by atoms with Gasteiger partial charge in [-0.25, -0.2) is 9.59 Å². The summed E-state index contributed by atoms with van der Waals surface area (Å²) in [6, 6.07) is 12.2. The molecule has 0 aliphatic heterocycles. The van der Waals surface area contributed by atoms with Crippen molar-refractivity contribution >= 4 is 29.3 Å². The molecule has 0 aromatic heterocycles. The van der Waals surface area contributed by atoms with E-state index in [4.69, 9.17) is 15.2 Å². The van der Waals surface area contributed by atoms with Crippen LogP contribution in [0.3, 0.4) is 0 Å². The molecule has 3 amide bonds. The minimum Gasteiger partial charge on any atom is -0.495 e. The zero-order valence-electron chi connectivity index (χ0n) is 14.3. The molecule has 136 valence electrons. The first-order valence-electron chi connectivity index (χ1n) is 7.72. The predicted octanol–water partition coefficient (Wildman–Crippen LogP) is 2.37. The third-order valence-electron chi connectivity index (χ3n) is 3.38. The van der Waals surface area contributed by atoms with Gasteiger partial charge < -0.3 is 25.8 Å². The van der Waals surface area contributed by atoms with Gasteiger partial charge in [0.25, 0.3) is 5.91 Å². The number of hydrogen-bond acceptors (Lipinski definition) is 5. The SMILES string of the molecule is COc1ccccc1NC(=O)[C@@H](C)OC(=O)c1cccc(NC(N)=O)c1. The molecule has 26 heavy (non-hydrogen) atoms. The molecule has 0 bridgehead atoms. The minimum absolute atomic E-state index is 0.174. The molecule has 0 spiro atoms. The van der Waals surface area contributed by atoms with Crippen LogP contribution in [0.25, 0.3) is 0 Å². The summed E-state index contributed by atoms with van der Waals surface area (Å²) in [5.74, 6) is -0.723. The number of ether oxygens (including phenoxy) is 2. The summed E-state index contributed by atoms with van der Waals surface area (Å²) in [4.78, 5) is 35.3. The van der Waals surface area contributed by atoms with Gasteiger partial charge in [0, 0.05) is 5.69 Å². The van der Waals surface area contributed by atoms with E-state index in [9.17, 15) is 14.4 Å². The van der Waals surface area contributed by atoms with Gasteiger partial charge in [0.15, 0.2) is 6.10 Å². The maximum absolute atomic E-state index is 12.2. The molecule has 0 aliphatic carbocycles. The number of methoxy groups -OCH3 is 1. The van der Waals surface area contributed by atoms with Crippen LogP contribution < -0.4 is 21.1 Å². The number of primary amides is 1.